The number of nitrogens with zero attached hydrogens (tertiary/aromatic N) is 2. The van der Waals surface area contributed by atoms with E-state index in [0.29, 0.717) is 34.3 Å². The molecule has 138 valence electrons. The van der Waals surface area contributed by atoms with Crippen LogP contribution in [-0.2, 0) is 0 Å². The molecule has 8 heteroatoms. The Morgan fingerprint density at radius 1 is 1.04 bits per heavy atom. The number of methoxy groups -OCH3 is 2. The van der Waals surface area contributed by atoms with Gasteiger partial charge in [0.05, 0.1) is 25.5 Å². The van der Waals surface area contributed by atoms with E-state index in [1.807, 2.05) is 0 Å². The fourth-order valence-corrected chi connectivity index (χ4v) is 2.58. The second-order valence-corrected chi connectivity index (χ2v) is 5.54. The van der Waals surface area contributed by atoms with E-state index in [1.54, 1.807) is 24.3 Å². The second-order valence-electron chi connectivity index (χ2n) is 5.54. The Kier molecular flexibility index (Phi) is 5.16. The van der Waals surface area contributed by atoms with Crippen molar-refractivity contribution in [3.63, 3.8) is 0 Å². The highest BCUT2D eigenvalue weighted by molar-refractivity contribution is 5.96. The van der Waals surface area contributed by atoms with Crippen molar-refractivity contribution in [1.82, 2.24) is 9.97 Å². The summed E-state index contributed by atoms with van der Waals surface area (Å²) in [5.74, 6) is 0.304. The molecule has 0 saturated heterocycles. The van der Waals surface area contributed by atoms with Gasteiger partial charge in [-0.15, -0.1) is 0 Å². The summed E-state index contributed by atoms with van der Waals surface area (Å²) in [5, 5.41) is 3.06. The predicted molar refractivity (Wildman–Crippen MR) is 98.8 cm³/mol. The number of nitrogens with one attached hydrogen (secondary N) is 1. The zero-order chi connectivity index (χ0) is 19.4. The van der Waals surface area contributed by atoms with Crippen molar-refractivity contribution in [3.05, 3.63) is 60.2 Å². The molecular formula is C19H17FN4O3. The topological polar surface area (TPSA) is 99.4 Å². The summed E-state index contributed by atoms with van der Waals surface area (Å²) >= 11 is 0. The Bertz CT molecular complexity index is 994. The van der Waals surface area contributed by atoms with Crippen molar-refractivity contribution in [2.24, 2.45) is 5.73 Å². The molecule has 0 saturated carbocycles. The molecule has 0 radical (unpaired) electrons. The Morgan fingerprint density at radius 3 is 2.48 bits per heavy atom. The van der Waals surface area contributed by atoms with Gasteiger partial charge in [-0.2, -0.15) is 0 Å². The van der Waals surface area contributed by atoms with Crippen LogP contribution >= 0.6 is 0 Å². The van der Waals surface area contributed by atoms with Crippen LogP contribution in [0.1, 0.15) is 10.4 Å². The largest absolute Gasteiger partial charge is 0.496 e. The number of carbonyl (C=O) groups is 1. The van der Waals surface area contributed by atoms with E-state index in [1.165, 1.54) is 38.7 Å². The van der Waals surface area contributed by atoms with E-state index < -0.39 is 11.7 Å². The van der Waals surface area contributed by atoms with Gasteiger partial charge in [-0.3, -0.25) is 4.79 Å². The molecule has 0 atom stereocenters. The number of hydrogen-bond acceptors (Lipinski definition) is 6. The van der Waals surface area contributed by atoms with Crippen molar-refractivity contribution < 1.29 is 18.7 Å². The number of halogens is 1. The first-order valence-electron chi connectivity index (χ1n) is 7.92. The maximum absolute atomic E-state index is 13.6. The van der Waals surface area contributed by atoms with E-state index in [9.17, 15) is 9.18 Å². The standard InChI is InChI=1S/C19H17FN4O3/c1-26-16-5-3-11(20)7-13(16)15-9-18(23-10-22-15)24-12-4-6-17(27-2)14(8-12)19(21)25/h3-10H,1-2H3,(H2,21,25)(H,22,23,24). The normalized spacial score (nSPS) is 10.3. The Morgan fingerprint density at radius 2 is 1.78 bits per heavy atom. The molecule has 27 heavy (non-hydrogen) atoms. The molecular weight excluding hydrogens is 351 g/mol. The summed E-state index contributed by atoms with van der Waals surface area (Å²) in [6.45, 7) is 0. The Labute approximate surface area is 155 Å². The molecule has 3 N–H and O–H groups in total. The smallest absolute Gasteiger partial charge is 0.252 e. The molecule has 2 aromatic carbocycles. The summed E-state index contributed by atoms with van der Waals surface area (Å²) in [7, 11) is 2.96. The van der Waals surface area contributed by atoms with E-state index in [-0.39, 0.29) is 5.56 Å². The van der Waals surface area contributed by atoms with Crippen LogP contribution in [-0.4, -0.2) is 30.1 Å². The van der Waals surface area contributed by atoms with Crippen molar-refractivity contribution in [1.29, 1.82) is 0 Å². The van der Waals surface area contributed by atoms with E-state index >= 15 is 0 Å². The first-order valence-corrected chi connectivity index (χ1v) is 7.92. The van der Waals surface area contributed by atoms with Crippen molar-refractivity contribution in [2.75, 3.05) is 19.5 Å². The third-order valence-corrected chi connectivity index (χ3v) is 3.84. The lowest BCUT2D eigenvalue weighted by atomic mass is 10.1. The molecule has 0 aliphatic carbocycles. The Balaban J connectivity index is 1.95. The third-order valence-electron chi connectivity index (χ3n) is 3.84. The third kappa shape index (κ3) is 3.95. The quantitative estimate of drug-likeness (QED) is 0.693. The molecule has 1 aromatic heterocycles. The average Bonchev–Trinajstić information content (AvgIpc) is 2.68. The number of anilines is 2. The first-order chi connectivity index (χ1) is 13.0. The monoisotopic (exact) mass is 368 g/mol. The number of hydrogen-bond donors (Lipinski definition) is 2. The van der Waals surface area contributed by atoms with Crippen molar-refractivity contribution in [2.45, 2.75) is 0 Å². The minimum absolute atomic E-state index is 0.239. The molecule has 3 rings (SSSR count). The highest BCUT2D eigenvalue weighted by atomic mass is 19.1. The highest BCUT2D eigenvalue weighted by Crippen LogP contribution is 2.31. The number of aromatic nitrogens is 2. The SMILES string of the molecule is COc1ccc(Nc2cc(-c3cc(F)ccc3OC)ncn2)cc1C(N)=O. The van der Waals surface area contributed by atoms with Crippen molar-refractivity contribution >= 4 is 17.4 Å². The van der Waals surface area contributed by atoms with Crippen LogP contribution in [0.3, 0.4) is 0 Å². The van der Waals surface area contributed by atoms with Crippen LogP contribution in [0.2, 0.25) is 0 Å². The van der Waals surface area contributed by atoms with Gasteiger partial charge in [0.25, 0.3) is 5.91 Å². The lowest BCUT2D eigenvalue weighted by Crippen LogP contribution is -2.12. The number of nitrogens with two attached hydrogens (primary N) is 1. The second kappa shape index (κ2) is 7.69. The van der Waals surface area contributed by atoms with Gasteiger partial charge in [-0.25, -0.2) is 14.4 Å². The zero-order valence-electron chi connectivity index (χ0n) is 14.7. The molecule has 0 aliphatic heterocycles. The minimum Gasteiger partial charge on any atom is -0.496 e. The first kappa shape index (κ1) is 18.1. The predicted octanol–water partition coefficient (Wildman–Crippen LogP) is 3.14. The lowest BCUT2D eigenvalue weighted by molar-refractivity contribution is 0.0997. The molecule has 0 aliphatic rings. The molecule has 0 fully saturated rings. The van der Waals surface area contributed by atoms with E-state index in [4.69, 9.17) is 15.2 Å². The van der Waals surface area contributed by atoms with Crippen LogP contribution in [0.5, 0.6) is 11.5 Å². The molecule has 3 aromatic rings. The van der Waals surface area contributed by atoms with Gasteiger partial charge in [0.15, 0.2) is 0 Å². The molecule has 1 heterocycles. The molecule has 0 spiro atoms. The van der Waals surface area contributed by atoms with Gasteiger partial charge in [0.1, 0.15) is 29.5 Å². The Hall–Kier alpha value is -3.68. The summed E-state index contributed by atoms with van der Waals surface area (Å²) in [6.07, 6.45) is 1.35. The van der Waals surface area contributed by atoms with Crippen LogP contribution in [0.25, 0.3) is 11.3 Å². The average molecular weight is 368 g/mol. The summed E-state index contributed by atoms with van der Waals surface area (Å²) < 4.78 is 24.0. The molecule has 0 unspecified atom stereocenters. The summed E-state index contributed by atoms with van der Waals surface area (Å²) in [5.41, 5.74) is 7.18. The van der Waals surface area contributed by atoms with Crippen molar-refractivity contribution in [3.8, 4) is 22.8 Å². The minimum atomic E-state index is -0.608. The number of rotatable bonds is 6. The number of carbonyl (C=O) groups excluding carboxylic acids is 1. The van der Waals surface area contributed by atoms with Crippen LogP contribution in [0, 0.1) is 5.82 Å². The number of amides is 1. The van der Waals surface area contributed by atoms with Gasteiger partial charge in [0.2, 0.25) is 0 Å². The van der Waals surface area contributed by atoms with Crippen LogP contribution in [0.4, 0.5) is 15.9 Å². The highest BCUT2D eigenvalue weighted by Gasteiger charge is 2.12. The number of ether oxygens (including phenoxy) is 2. The zero-order valence-corrected chi connectivity index (χ0v) is 14.7. The van der Waals surface area contributed by atoms with Gasteiger partial charge in [0, 0.05) is 17.3 Å². The lowest BCUT2D eigenvalue weighted by Gasteiger charge is -2.11. The number of primary amides is 1. The maximum Gasteiger partial charge on any atom is 0.252 e. The van der Waals surface area contributed by atoms with Crippen LogP contribution < -0.4 is 20.5 Å². The maximum atomic E-state index is 13.6. The van der Waals surface area contributed by atoms with Gasteiger partial charge in [-0.1, -0.05) is 0 Å². The fraction of sp³-hybridized carbons (Fsp3) is 0.105. The van der Waals surface area contributed by atoms with E-state index in [2.05, 4.69) is 15.3 Å². The number of benzene rings is 2. The molecule has 1 amide bonds. The molecule has 0 bridgehead atoms. The molecule has 7 nitrogen and oxygen atoms in total. The van der Waals surface area contributed by atoms with Crippen LogP contribution in [0.15, 0.2) is 48.8 Å². The fourth-order valence-electron chi connectivity index (χ4n) is 2.58. The van der Waals surface area contributed by atoms with Gasteiger partial charge in [-0.05, 0) is 36.4 Å². The van der Waals surface area contributed by atoms with Gasteiger partial charge >= 0.3 is 0 Å². The summed E-state index contributed by atoms with van der Waals surface area (Å²) in [6, 6.07) is 10.7. The van der Waals surface area contributed by atoms with Gasteiger partial charge < -0.3 is 20.5 Å². The summed E-state index contributed by atoms with van der Waals surface area (Å²) in [4.78, 5) is 19.9. The van der Waals surface area contributed by atoms with E-state index in [0.717, 1.165) is 0 Å².